The third kappa shape index (κ3) is 4.84. The summed E-state index contributed by atoms with van der Waals surface area (Å²) in [5, 5.41) is 32.3. The molecule has 4 aromatic rings. The van der Waals surface area contributed by atoms with Gasteiger partial charge in [0.1, 0.15) is 22.2 Å². The van der Waals surface area contributed by atoms with E-state index in [1.54, 1.807) is 47.7 Å². The highest BCUT2D eigenvalue weighted by Crippen LogP contribution is 2.32. The van der Waals surface area contributed by atoms with E-state index in [0.29, 0.717) is 41.4 Å². The number of nitrogen functional groups attached to an aromatic ring is 1. The minimum absolute atomic E-state index is 0.110. The lowest BCUT2D eigenvalue weighted by atomic mass is 10.0. The Balaban J connectivity index is 1.64. The molecule has 10 nitrogen and oxygen atoms in total. The molecule has 0 fully saturated rings. The molecule has 0 atom stereocenters. The van der Waals surface area contributed by atoms with Crippen molar-refractivity contribution >= 4 is 17.4 Å². The second-order valence-corrected chi connectivity index (χ2v) is 8.68. The van der Waals surface area contributed by atoms with Gasteiger partial charge in [-0.1, -0.05) is 28.9 Å². The number of nitriles is 1. The van der Waals surface area contributed by atoms with Gasteiger partial charge in [0, 0.05) is 11.8 Å². The molecule has 0 aliphatic carbocycles. The lowest BCUT2D eigenvalue weighted by Crippen LogP contribution is -2.26. The van der Waals surface area contributed by atoms with Gasteiger partial charge in [-0.15, -0.1) is 5.10 Å². The number of nitrogens with two attached hydrogens (primary N) is 1. The monoisotopic (exact) mass is 463 g/mol. The van der Waals surface area contributed by atoms with Gasteiger partial charge in [-0.05, 0) is 38.5 Å². The van der Waals surface area contributed by atoms with Crippen LogP contribution in [0.1, 0.15) is 30.7 Å². The fourth-order valence-electron chi connectivity index (χ4n) is 3.38. The molecule has 3 N–H and O–H groups in total. The molecule has 4 rings (SSSR count). The van der Waals surface area contributed by atoms with Crippen LogP contribution in [-0.4, -0.2) is 45.4 Å². The number of anilines is 1. The number of nitrogens with zero attached hydrogens (tertiary/aromatic N) is 8. The summed E-state index contributed by atoms with van der Waals surface area (Å²) in [6.45, 7) is 6.03. The predicted molar refractivity (Wildman–Crippen MR) is 123 cm³/mol. The summed E-state index contributed by atoms with van der Waals surface area (Å²) in [5.41, 5.74) is 8.70. The first-order valence-corrected chi connectivity index (χ1v) is 10.5. The van der Waals surface area contributed by atoms with Crippen molar-refractivity contribution in [3.8, 4) is 28.8 Å². The largest absolute Gasteiger partial charge is 0.389 e. The molecule has 0 aliphatic rings. The molecular formula is C22H22ClN9O. The number of hydrogen-bond donors (Lipinski definition) is 2. The Hall–Kier alpha value is -3.81. The molecule has 33 heavy (non-hydrogen) atoms. The number of benzene rings is 1. The molecule has 0 saturated heterocycles. The number of halogens is 1. The van der Waals surface area contributed by atoms with Gasteiger partial charge in [0.15, 0.2) is 5.82 Å². The normalized spacial score (nSPS) is 11.5. The Morgan fingerprint density at radius 3 is 2.73 bits per heavy atom. The summed E-state index contributed by atoms with van der Waals surface area (Å²) in [7, 11) is 0. The zero-order chi connectivity index (χ0) is 23.8. The highest BCUT2D eigenvalue weighted by Gasteiger charge is 2.19. The Labute approximate surface area is 195 Å². The summed E-state index contributed by atoms with van der Waals surface area (Å²) < 4.78 is 3.29. The zero-order valence-electron chi connectivity index (χ0n) is 18.4. The topological polar surface area (TPSA) is 144 Å². The maximum absolute atomic E-state index is 9.96. The second kappa shape index (κ2) is 8.61. The van der Waals surface area contributed by atoms with Crippen LogP contribution in [0.15, 0.2) is 36.7 Å². The van der Waals surface area contributed by atoms with Crippen LogP contribution < -0.4 is 5.73 Å². The Kier molecular flexibility index (Phi) is 5.84. The van der Waals surface area contributed by atoms with Crippen LogP contribution in [0.2, 0.25) is 5.02 Å². The van der Waals surface area contributed by atoms with Crippen LogP contribution in [-0.2, 0) is 13.1 Å². The van der Waals surface area contributed by atoms with Crippen molar-refractivity contribution in [2.45, 2.75) is 39.5 Å². The first-order chi connectivity index (χ1) is 15.6. The summed E-state index contributed by atoms with van der Waals surface area (Å²) in [4.78, 5) is 8.89. The number of rotatable bonds is 6. The number of hydrogen-bond acceptors (Lipinski definition) is 8. The molecular weight excluding hydrogens is 442 g/mol. The van der Waals surface area contributed by atoms with E-state index in [9.17, 15) is 10.4 Å². The molecule has 0 radical (unpaired) electrons. The summed E-state index contributed by atoms with van der Waals surface area (Å²) in [6, 6.07) is 9.33. The van der Waals surface area contributed by atoms with Crippen LogP contribution in [0.25, 0.3) is 22.8 Å². The fraction of sp³-hybridized carbons (Fsp3) is 0.273. The van der Waals surface area contributed by atoms with E-state index in [4.69, 9.17) is 17.3 Å². The Morgan fingerprint density at radius 2 is 2.00 bits per heavy atom. The van der Waals surface area contributed by atoms with Crippen LogP contribution in [0.5, 0.6) is 0 Å². The van der Waals surface area contributed by atoms with Crippen molar-refractivity contribution in [3.05, 3.63) is 58.5 Å². The summed E-state index contributed by atoms with van der Waals surface area (Å²) in [6.07, 6.45) is 3.50. The number of aromatic nitrogens is 7. The Bertz CT molecular complexity index is 1360. The van der Waals surface area contributed by atoms with E-state index in [1.807, 2.05) is 19.1 Å². The van der Waals surface area contributed by atoms with Gasteiger partial charge in [0.25, 0.3) is 0 Å². The second-order valence-electron chi connectivity index (χ2n) is 8.30. The van der Waals surface area contributed by atoms with Gasteiger partial charge in [-0.2, -0.15) is 10.4 Å². The molecule has 0 aliphatic heterocycles. The molecule has 0 saturated carbocycles. The van der Waals surface area contributed by atoms with Crippen LogP contribution in [0.4, 0.5) is 5.82 Å². The molecule has 0 bridgehead atoms. The van der Waals surface area contributed by atoms with Gasteiger partial charge < -0.3 is 10.8 Å². The quantitative estimate of drug-likeness (QED) is 0.444. The molecule has 0 amide bonds. The minimum atomic E-state index is -0.865. The number of aliphatic hydroxyl groups is 1. The third-order valence-electron chi connectivity index (χ3n) is 4.92. The maximum atomic E-state index is 9.96. The highest BCUT2D eigenvalue weighted by atomic mass is 35.5. The molecule has 3 aromatic heterocycles. The standard InChI is InChI=1S/C22H22ClN9O/c1-13-14(9-24)5-4-6-16(13)21-26-19(18(23)20(25)27-21)17-11-32(30-28-17)10-15-7-8-31(29-15)12-22(2,3)33/h4-8,11,33H,10,12H2,1-3H3,(H2,25,26,27). The predicted octanol–water partition coefficient (Wildman–Crippen LogP) is 2.83. The van der Waals surface area contributed by atoms with E-state index in [1.165, 1.54) is 0 Å². The lowest BCUT2D eigenvalue weighted by molar-refractivity contribution is 0.0576. The first kappa shape index (κ1) is 22.4. The van der Waals surface area contributed by atoms with Crippen LogP contribution >= 0.6 is 11.6 Å². The Morgan fingerprint density at radius 1 is 1.21 bits per heavy atom. The van der Waals surface area contributed by atoms with Gasteiger partial charge in [0.2, 0.25) is 0 Å². The van der Waals surface area contributed by atoms with Gasteiger partial charge in [-0.25, -0.2) is 14.6 Å². The molecule has 0 unspecified atom stereocenters. The van der Waals surface area contributed by atoms with E-state index >= 15 is 0 Å². The molecule has 11 heteroatoms. The van der Waals surface area contributed by atoms with Crippen molar-refractivity contribution in [1.29, 1.82) is 5.26 Å². The van der Waals surface area contributed by atoms with Gasteiger partial charge in [-0.3, -0.25) is 4.68 Å². The van der Waals surface area contributed by atoms with Gasteiger partial charge in [0.05, 0.1) is 42.2 Å². The lowest BCUT2D eigenvalue weighted by Gasteiger charge is -2.16. The first-order valence-electron chi connectivity index (χ1n) is 10.1. The average molecular weight is 464 g/mol. The smallest absolute Gasteiger partial charge is 0.162 e. The van der Waals surface area contributed by atoms with Crippen LogP contribution in [0, 0.1) is 18.3 Å². The summed E-state index contributed by atoms with van der Waals surface area (Å²) >= 11 is 6.40. The maximum Gasteiger partial charge on any atom is 0.162 e. The van der Waals surface area contributed by atoms with E-state index in [0.717, 1.165) is 11.3 Å². The van der Waals surface area contributed by atoms with Gasteiger partial charge >= 0.3 is 0 Å². The van der Waals surface area contributed by atoms with Crippen molar-refractivity contribution in [2.75, 3.05) is 5.73 Å². The van der Waals surface area contributed by atoms with Crippen molar-refractivity contribution in [3.63, 3.8) is 0 Å². The summed E-state index contributed by atoms with van der Waals surface area (Å²) in [5.74, 6) is 0.458. The fourth-order valence-corrected chi connectivity index (χ4v) is 3.56. The van der Waals surface area contributed by atoms with Crippen molar-refractivity contribution < 1.29 is 5.11 Å². The molecule has 0 spiro atoms. The highest BCUT2D eigenvalue weighted by molar-refractivity contribution is 6.35. The SMILES string of the molecule is Cc1c(C#N)cccc1-c1nc(N)c(Cl)c(-c2cn(Cc3ccn(CC(C)(C)O)n3)nn2)n1. The van der Waals surface area contributed by atoms with E-state index in [-0.39, 0.29) is 10.8 Å². The van der Waals surface area contributed by atoms with E-state index < -0.39 is 5.60 Å². The minimum Gasteiger partial charge on any atom is -0.389 e. The third-order valence-corrected chi connectivity index (χ3v) is 5.29. The van der Waals surface area contributed by atoms with Crippen molar-refractivity contribution in [1.82, 2.24) is 34.7 Å². The molecule has 1 aromatic carbocycles. The van der Waals surface area contributed by atoms with E-state index in [2.05, 4.69) is 31.4 Å². The van der Waals surface area contributed by atoms with Crippen molar-refractivity contribution in [2.24, 2.45) is 0 Å². The zero-order valence-corrected chi connectivity index (χ0v) is 19.1. The molecule has 3 heterocycles. The molecule has 168 valence electrons. The van der Waals surface area contributed by atoms with Crippen LogP contribution in [0.3, 0.4) is 0 Å². The average Bonchev–Trinajstić information content (AvgIpc) is 3.38.